The SMILES string of the molecule is Cc1ccc(NC(=O)c2c(-n3c(C)cc(C=Nc4cc(C(=O)O)ccc4C)c3C)sc3c2CCCC3)cc1. The summed E-state index contributed by atoms with van der Waals surface area (Å²) in [6.45, 7) is 8.02. The Morgan fingerprint density at radius 3 is 2.47 bits per heavy atom. The number of carbonyl (C=O) groups is 2. The maximum atomic E-state index is 13.7. The smallest absolute Gasteiger partial charge is 0.335 e. The number of fused-ring (bicyclic) bond motifs is 1. The van der Waals surface area contributed by atoms with Crippen molar-refractivity contribution >= 4 is 40.8 Å². The van der Waals surface area contributed by atoms with Crippen LogP contribution in [0.3, 0.4) is 0 Å². The fourth-order valence-corrected chi connectivity index (χ4v) is 6.52. The average molecular weight is 526 g/mol. The minimum absolute atomic E-state index is 0.0768. The van der Waals surface area contributed by atoms with Crippen molar-refractivity contribution in [2.45, 2.75) is 53.4 Å². The van der Waals surface area contributed by atoms with Crippen LogP contribution in [-0.2, 0) is 12.8 Å². The van der Waals surface area contributed by atoms with Crippen molar-refractivity contribution in [2.24, 2.45) is 4.99 Å². The largest absolute Gasteiger partial charge is 0.478 e. The van der Waals surface area contributed by atoms with Crippen LogP contribution < -0.4 is 5.32 Å². The minimum atomic E-state index is -0.974. The number of hydrogen-bond acceptors (Lipinski definition) is 4. The molecule has 194 valence electrons. The molecule has 5 rings (SSSR count). The van der Waals surface area contributed by atoms with Gasteiger partial charge in [0.1, 0.15) is 5.00 Å². The second-order valence-corrected chi connectivity index (χ2v) is 11.0. The van der Waals surface area contributed by atoms with Gasteiger partial charge in [-0.15, -0.1) is 11.3 Å². The van der Waals surface area contributed by atoms with E-state index < -0.39 is 5.97 Å². The van der Waals surface area contributed by atoms with Crippen LogP contribution in [0.15, 0.2) is 53.5 Å². The van der Waals surface area contributed by atoms with Crippen molar-refractivity contribution in [1.82, 2.24) is 4.57 Å². The summed E-state index contributed by atoms with van der Waals surface area (Å²) in [6, 6.07) is 14.9. The van der Waals surface area contributed by atoms with E-state index in [-0.39, 0.29) is 11.5 Å². The number of aliphatic imine (C=N–C) groups is 1. The van der Waals surface area contributed by atoms with E-state index >= 15 is 0 Å². The van der Waals surface area contributed by atoms with Crippen LogP contribution in [0.2, 0.25) is 0 Å². The average Bonchev–Trinajstić information content (AvgIpc) is 3.40. The van der Waals surface area contributed by atoms with Gasteiger partial charge in [-0.05, 0) is 94.8 Å². The minimum Gasteiger partial charge on any atom is -0.478 e. The first kappa shape index (κ1) is 25.7. The first-order valence-corrected chi connectivity index (χ1v) is 13.6. The summed E-state index contributed by atoms with van der Waals surface area (Å²) >= 11 is 1.71. The van der Waals surface area contributed by atoms with E-state index in [9.17, 15) is 14.7 Å². The van der Waals surface area contributed by atoms with Gasteiger partial charge in [-0.3, -0.25) is 9.79 Å². The van der Waals surface area contributed by atoms with Gasteiger partial charge < -0.3 is 15.0 Å². The van der Waals surface area contributed by atoms with Crippen molar-refractivity contribution in [3.63, 3.8) is 0 Å². The summed E-state index contributed by atoms with van der Waals surface area (Å²) in [5, 5.41) is 13.4. The number of aryl methyl sites for hydroxylation is 4. The predicted octanol–water partition coefficient (Wildman–Crippen LogP) is 7.35. The number of rotatable bonds is 6. The van der Waals surface area contributed by atoms with E-state index in [1.807, 2.05) is 52.0 Å². The molecule has 0 atom stereocenters. The van der Waals surface area contributed by atoms with E-state index in [2.05, 4.69) is 20.9 Å². The standard InChI is InChI=1S/C31H31N3O3S/c1-18-9-13-24(14-10-18)33-29(35)28-25-7-5-6-8-27(25)38-30(28)34-20(3)15-23(21(34)4)17-32-26-16-22(31(36)37)12-11-19(26)2/h9-17H,5-8H2,1-4H3,(H,33,35)(H,36,37). The summed E-state index contributed by atoms with van der Waals surface area (Å²) in [5.41, 5.74) is 8.54. The van der Waals surface area contributed by atoms with Crippen molar-refractivity contribution in [3.05, 3.63) is 98.2 Å². The molecule has 2 heterocycles. The Bertz CT molecular complexity index is 1570. The van der Waals surface area contributed by atoms with Gasteiger partial charge in [-0.1, -0.05) is 23.8 Å². The normalized spacial score (nSPS) is 13.1. The van der Waals surface area contributed by atoms with Crippen LogP contribution in [0.4, 0.5) is 11.4 Å². The molecule has 0 unspecified atom stereocenters. The van der Waals surface area contributed by atoms with Gasteiger partial charge in [-0.25, -0.2) is 4.79 Å². The summed E-state index contributed by atoms with van der Waals surface area (Å²) in [5.74, 6) is -1.05. The number of aromatic nitrogens is 1. The fourth-order valence-electron chi connectivity index (χ4n) is 5.03. The monoisotopic (exact) mass is 525 g/mol. The molecule has 1 aliphatic rings. The molecular weight excluding hydrogens is 494 g/mol. The zero-order valence-corrected chi connectivity index (χ0v) is 22.9. The van der Waals surface area contributed by atoms with Gasteiger partial charge in [0.15, 0.2) is 0 Å². The summed E-state index contributed by atoms with van der Waals surface area (Å²) < 4.78 is 2.16. The van der Waals surface area contributed by atoms with Crippen LogP contribution in [0.25, 0.3) is 5.00 Å². The lowest BCUT2D eigenvalue weighted by molar-refractivity contribution is 0.0696. The Labute approximate surface area is 226 Å². The van der Waals surface area contributed by atoms with Gasteiger partial charge >= 0.3 is 5.97 Å². The van der Waals surface area contributed by atoms with E-state index in [4.69, 9.17) is 0 Å². The van der Waals surface area contributed by atoms with Gasteiger partial charge in [0.2, 0.25) is 0 Å². The lowest BCUT2D eigenvalue weighted by Crippen LogP contribution is -2.17. The first-order valence-electron chi connectivity index (χ1n) is 12.8. The number of thiophene rings is 1. The number of benzene rings is 2. The van der Waals surface area contributed by atoms with Crippen molar-refractivity contribution in [2.75, 3.05) is 5.32 Å². The van der Waals surface area contributed by atoms with Crippen LogP contribution in [0, 0.1) is 27.7 Å². The molecule has 0 saturated heterocycles. The van der Waals surface area contributed by atoms with Gasteiger partial charge in [-0.2, -0.15) is 0 Å². The number of carboxylic acids is 1. The van der Waals surface area contributed by atoms with Crippen LogP contribution >= 0.6 is 11.3 Å². The van der Waals surface area contributed by atoms with Crippen LogP contribution in [0.1, 0.15) is 72.1 Å². The quantitative estimate of drug-likeness (QED) is 0.258. The molecular formula is C31H31N3O3S. The number of amides is 1. The van der Waals surface area contributed by atoms with Gasteiger partial charge in [0, 0.05) is 33.7 Å². The third-order valence-corrected chi connectivity index (χ3v) is 8.44. The lowest BCUT2D eigenvalue weighted by Gasteiger charge is -2.14. The summed E-state index contributed by atoms with van der Waals surface area (Å²) in [4.78, 5) is 31.0. The number of carboxylic acid groups (broad SMARTS) is 1. The van der Waals surface area contributed by atoms with Crippen LogP contribution in [0.5, 0.6) is 0 Å². The summed E-state index contributed by atoms with van der Waals surface area (Å²) in [6.07, 6.45) is 5.92. The van der Waals surface area contributed by atoms with Crippen molar-refractivity contribution in [1.29, 1.82) is 0 Å². The first-order chi connectivity index (χ1) is 18.2. The Balaban J connectivity index is 1.55. The van der Waals surface area contributed by atoms with Crippen molar-refractivity contribution < 1.29 is 14.7 Å². The highest BCUT2D eigenvalue weighted by molar-refractivity contribution is 7.15. The van der Waals surface area contributed by atoms with E-state index in [0.29, 0.717) is 5.69 Å². The molecule has 4 aromatic rings. The van der Waals surface area contributed by atoms with Crippen LogP contribution in [-0.4, -0.2) is 27.8 Å². The topological polar surface area (TPSA) is 83.7 Å². The van der Waals surface area contributed by atoms with Gasteiger partial charge in [0.25, 0.3) is 5.91 Å². The molecule has 0 radical (unpaired) electrons. The second-order valence-electron chi connectivity index (χ2n) is 9.94. The molecule has 7 heteroatoms. The highest BCUT2D eigenvalue weighted by Crippen LogP contribution is 2.39. The second kappa shape index (κ2) is 10.4. The molecule has 2 aromatic heterocycles. The zero-order valence-electron chi connectivity index (χ0n) is 22.1. The molecule has 0 spiro atoms. The highest BCUT2D eigenvalue weighted by Gasteiger charge is 2.28. The third-order valence-electron chi connectivity index (χ3n) is 7.16. The zero-order chi connectivity index (χ0) is 27.0. The molecule has 0 bridgehead atoms. The predicted molar refractivity (Wildman–Crippen MR) is 154 cm³/mol. The maximum Gasteiger partial charge on any atom is 0.335 e. The molecule has 1 aliphatic carbocycles. The third kappa shape index (κ3) is 4.94. The Kier molecular flexibility index (Phi) is 7.04. The summed E-state index contributed by atoms with van der Waals surface area (Å²) in [7, 11) is 0. The Morgan fingerprint density at radius 1 is 1.00 bits per heavy atom. The molecule has 0 aliphatic heterocycles. The molecule has 2 aromatic carbocycles. The fraction of sp³-hybridized carbons (Fsp3) is 0.258. The number of carbonyl (C=O) groups excluding carboxylic acids is 1. The number of aromatic carboxylic acids is 1. The number of nitrogens with zero attached hydrogens (tertiary/aromatic N) is 2. The van der Waals surface area contributed by atoms with E-state index in [0.717, 1.165) is 70.0 Å². The van der Waals surface area contributed by atoms with Gasteiger partial charge in [0.05, 0.1) is 16.8 Å². The molecule has 38 heavy (non-hydrogen) atoms. The Hall–Kier alpha value is -3.97. The molecule has 1 amide bonds. The number of anilines is 1. The molecule has 2 N–H and O–H groups in total. The van der Waals surface area contributed by atoms with E-state index in [1.54, 1.807) is 35.8 Å². The molecule has 0 saturated carbocycles. The molecule has 6 nitrogen and oxygen atoms in total. The van der Waals surface area contributed by atoms with Crippen molar-refractivity contribution in [3.8, 4) is 5.00 Å². The number of hydrogen-bond donors (Lipinski definition) is 2. The maximum absolute atomic E-state index is 13.7. The van der Waals surface area contributed by atoms with E-state index in [1.165, 1.54) is 10.4 Å². The number of nitrogens with one attached hydrogen (secondary N) is 1. The lowest BCUT2D eigenvalue weighted by atomic mass is 9.95. The Morgan fingerprint density at radius 2 is 1.74 bits per heavy atom. The molecule has 0 fully saturated rings. The highest BCUT2D eigenvalue weighted by atomic mass is 32.1.